The molecule has 2 aromatic rings. The Morgan fingerprint density at radius 2 is 2.17 bits per heavy atom. The first-order chi connectivity index (χ1) is 8.58. The second-order valence-electron chi connectivity index (χ2n) is 4.74. The molecule has 0 atom stereocenters. The summed E-state index contributed by atoms with van der Waals surface area (Å²) < 4.78 is 5.76. The van der Waals surface area contributed by atoms with Crippen LogP contribution in [0.5, 0.6) is 5.75 Å². The third-order valence-corrected chi connectivity index (χ3v) is 2.55. The van der Waals surface area contributed by atoms with E-state index in [1.54, 1.807) is 12.4 Å². The number of rotatable bonds is 4. The van der Waals surface area contributed by atoms with Crippen LogP contribution in [0.4, 0.5) is 5.69 Å². The van der Waals surface area contributed by atoms with Crippen molar-refractivity contribution in [3.63, 3.8) is 0 Å². The van der Waals surface area contributed by atoms with Gasteiger partial charge in [-0.1, -0.05) is 13.8 Å². The van der Waals surface area contributed by atoms with Crippen molar-refractivity contribution in [3.05, 3.63) is 24.0 Å². The zero-order chi connectivity index (χ0) is 13.1. The number of aromatic nitrogens is 3. The molecule has 0 amide bonds. The van der Waals surface area contributed by atoms with Crippen LogP contribution in [0.15, 0.2) is 18.5 Å². The van der Waals surface area contributed by atoms with E-state index in [-0.39, 0.29) is 0 Å². The molecule has 2 aromatic heterocycles. The number of nitrogens with zero attached hydrogens (tertiary/aromatic N) is 2. The van der Waals surface area contributed by atoms with Gasteiger partial charge in [0.25, 0.3) is 0 Å². The van der Waals surface area contributed by atoms with E-state index in [1.165, 1.54) is 0 Å². The summed E-state index contributed by atoms with van der Waals surface area (Å²) in [5.41, 5.74) is 8.88. The molecular weight excluding hydrogens is 228 g/mol. The number of nitrogen functional groups attached to an aromatic ring is 1. The van der Waals surface area contributed by atoms with E-state index < -0.39 is 0 Å². The van der Waals surface area contributed by atoms with Gasteiger partial charge in [-0.15, -0.1) is 0 Å². The van der Waals surface area contributed by atoms with Gasteiger partial charge in [-0.3, -0.25) is 10.1 Å². The fourth-order valence-electron chi connectivity index (χ4n) is 1.55. The molecule has 0 aliphatic carbocycles. The summed E-state index contributed by atoms with van der Waals surface area (Å²) in [5.74, 6) is 1.32. The molecule has 0 bridgehead atoms. The average Bonchev–Trinajstić information content (AvgIpc) is 2.74. The van der Waals surface area contributed by atoms with E-state index >= 15 is 0 Å². The minimum absolute atomic E-state index is 0.484. The SMILES string of the molecule is Cc1cnc(-c2[nH]ncc2N)cc1OCC(C)C. The minimum Gasteiger partial charge on any atom is -0.493 e. The van der Waals surface area contributed by atoms with Crippen LogP contribution >= 0.6 is 0 Å². The molecule has 0 spiro atoms. The smallest absolute Gasteiger partial charge is 0.125 e. The fourth-order valence-corrected chi connectivity index (χ4v) is 1.55. The lowest BCUT2D eigenvalue weighted by molar-refractivity contribution is 0.269. The quantitative estimate of drug-likeness (QED) is 0.868. The van der Waals surface area contributed by atoms with Crippen LogP contribution < -0.4 is 10.5 Å². The van der Waals surface area contributed by atoms with Gasteiger partial charge in [0.2, 0.25) is 0 Å². The number of H-pyrrole nitrogens is 1. The molecular formula is C13H18N4O. The van der Waals surface area contributed by atoms with Crippen molar-refractivity contribution in [2.75, 3.05) is 12.3 Å². The predicted molar refractivity (Wildman–Crippen MR) is 71.3 cm³/mol. The maximum Gasteiger partial charge on any atom is 0.125 e. The van der Waals surface area contributed by atoms with Crippen molar-refractivity contribution >= 4 is 5.69 Å². The second-order valence-corrected chi connectivity index (χ2v) is 4.74. The van der Waals surface area contributed by atoms with Crippen molar-refractivity contribution in [1.29, 1.82) is 0 Å². The highest BCUT2D eigenvalue weighted by atomic mass is 16.5. The predicted octanol–water partition coefficient (Wildman–Crippen LogP) is 2.40. The molecule has 2 heterocycles. The van der Waals surface area contributed by atoms with E-state index in [0.717, 1.165) is 22.7 Å². The highest BCUT2D eigenvalue weighted by Crippen LogP contribution is 2.26. The first-order valence-electron chi connectivity index (χ1n) is 5.96. The first-order valence-corrected chi connectivity index (χ1v) is 5.96. The highest BCUT2D eigenvalue weighted by Gasteiger charge is 2.09. The lowest BCUT2D eigenvalue weighted by Gasteiger charge is -2.12. The van der Waals surface area contributed by atoms with E-state index in [4.69, 9.17) is 10.5 Å². The van der Waals surface area contributed by atoms with E-state index in [2.05, 4.69) is 29.0 Å². The van der Waals surface area contributed by atoms with Crippen LogP contribution in [0, 0.1) is 12.8 Å². The van der Waals surface area contributed by atoms with Crippen molar-refractivity contribution in [2.45, 2.75) is 20.8 Å². The molecule has 0 aliphatic heterocycles. The van der Waals surface area contributed by atoms with Gasteiger partial charge in [0, 0.05) is 17.8 Å². The summed E-state index contributed by atoms with van der Waals surface area (Å²) in [6.07, 6.45) is 3.36. The third kappa shape index (κ3) is 2.61. The molecule has 0 saturated carbocycles. The van der Waals surface area contributed by atoms with Crippen molar-refractivity contribution < 1.29 is 4.74 Å². The average molecular weight is 246 g/mol. The lowest BCUT2D eigenvalue weighted by Crippen LogP contribution is -2.06. The minimum atomic E-state index is 0.484. The Kier molecular flexibility index (Phi) is 3.50. The molecule has 3 N–H and O–H groups in total. The van der Waals surface area contributed by atoms with Gasteiger partial charge in [0.1, 0.15) is 11.4 Å². The molecule has 96 valence electrons. The Morgan fingerprint density at radius 1 is 1.39 bits per heavy atom. The standard InChI is InChI=1S/C13H18N4O/c1-8(2)7-18-12-4-11(15-5-9(12)3)13-10(14)6-16-17-13/h4-6,8H,7,14H2,1-3H3,(H,16,17). The zero-order valence-corrected chi connectivity index (χ0v) is 10.9. The molecule has 0 radical (unpaired) electrons. The third-order valence-electron chi connectivity index (χ3n) is 2.55. The molecule has 2 rings (SSSR count). The van der Waals surface area contributed by atoms with E-state index in [9.17, 15) is 0 Å². The van der Waals surface area contributed by atoms with Crippen molar-refractivity contribution in [3.8, 4) is 17.1 Å². The van der Waals surface area contributed by atoms with Crippen LogP contribution in [0.3, 0.4) is 0 Å². The summed E-state index contributed by atoms with van der Waals surface area (Å²) in [5, 5.41) is 6.73. The molecule has 0 unspecified atom stereocenters. The first kappa shape index (κ1) is 12.4. The number of aryl methyl sites for hydroxylation is 1. The molecule has 0 saturated heterocycles. The van der Waals surface area contributed by atoms with Gasteiger partial charge in [-0.05, 0) is 12.8 Å². The Morgan fingerprint density at radius 3 is 2.78 bits per heavy atom. The van der Waals surface area contributed by atoms with Crippen LogP contribution in [0.2, 0.25) is 0 Å². The topological polar surface area (TPSA) is 76.8 Å². The van der Waals surface area contributed by atoms with Crippen molar-refractivity contribution in [2.24, 2.45) is 5.92 Å². The van der Waals surface area contributed by atoms with E-state index in [0.29, 0.717) is 18.2 Å². The van der Waals surface area contributed by atoms with Crippen molar-refractivity contribution in [1.82, 2.24) is 15.2 Å². The van der Waals surface area contributed by atoms with Crippen LogP contribution in [-0.2, 0) is 0 Å². The number of nitrogens with two attached hydrogens (primary N) is 1. The van der Waals surface area contributed by atoms with E-state index in [1.807, 2.05) is 13.0 Å². The molecule has 5 heteroatoms. The Labute approximate surface area is 106 Å². The largest absolute Gasteiger partial charge is 0.493 e. The number of nitrogens with one attached hydrogen (secondary N) is 1. The van der Waals surface area contributed by atoms with Gasteiger partial charge in [-0.25, -0.2) is 0 Å². The summed E-state index contributed by atoms with van der Waals surface area (Å²) in [6.45, 7) is 6.89. The van der Waals surface area contributed by atoms with Gasteiger partial charge in [0.05, 0.1) is 24.2 Å². The fraction of sp³-hybridized carbons (Fsp3) is 0.385. The van der Waals surface area contributed by atoms with Gasteiger partial charge in [-0.2, -0.15) is 5.10 Å². The summed E-state index contributed by atoms with van der Waals surface area (Å²) >= 11 is 0. The van der Waals surface area contributed by atoms with Crippen LogP contribution in [-0.4, -0.2) is 21.8 Å². The second kappa shape index (κ2) is 5.08. The van der Waals surface area contributed by atoms with Gasteiger partial charge >= 0.3 is 0 Å². The molecule has 0 aliphatic rings. The number of pyridine rings is 1. The normalized spacial score (nSPS) is 10.9. The lowest BCUT2D eigenvalue weighted by atomic mass is 10.2. The number of ether oxygens (including phenoxy) is 1. The van der Waals surface area contributed by atoms with Crippen LogP contribution in [0.1, 0.15) is 19.4 Å². The van der Waals surface area contributed by atoms with Gasteiger partial charge in [0.15, 0.2) is 0 Å². The Balaban J connectivity index is 2.29. The molecule has 0 fully saturated rings. The summed E-state index contributed by atoms with van der Waals surface area (Å²) in [7, 11) is 0. The summed E-state index contributed by atoms with van der Waals surface area (Å²) in [4.78, 5) is 4.34. The monoisotopic (exact) mass is 246 g/mol. The maximum atomic E-state index is 5.81. The van der Waals surface area contributed by atoms with Gasteiger partial charge < -0.3 is 10.5 Å². The molecule has 18 heavy (non-hydrogen) atoms. The number of hydrogen-bond acceptors (Lipinski definition) is 4. The molecule has 0 aromatic carbocycles. The Hall–Kier alpha value is -2.04. The number of aromatic amines is 1. The summed E-state index contributed by atoms with van der Waals surface area (Å²) in [6, 6.07) is 1.89. The zero-order valence-electron chi connectivity index (χ0n) is 10.9. The highest BCUT2D eigenvalue weighted by molar-refractivity contribution is 5.69. The number of anilines is 1. The van der Waals surface area contributed by atoms with Crippen LogP contribution in [0.25, 0.3) is 11.4 Å². The number of hydrogen-bond donors (Lipinski definition) is 2. The maximum absolute atomic E-state index is 5.81. The Bertz CT molecular complexity index is 534. The molecule has 5 nitrogen and oxygen atoms in total.